The fourth-order valence-electron chi connectivity index (χ4n) is 4.38. The van der Waals surface area contributed by atoms with Crippen LogP contribution in [0.5, 0.6) is 5.75 Å². The molecule has 0 spiro atoms. The van der Waals surface area contributed by atoms with Crippen LogP contribution in [0.1, 0.15) is 38.3 Å². The number of alkyl halides is 3. The molecule has 3 rings (SSSR count). The van der Waals surface area contributed by atoms with Crippen molar-refractivity contribution in [2.24, 2.45) is 0 Å². The first kappa shape index (κ1) is 27.2. The van der Waals surface area contributed by atoms with Crippen molar-refractivity contribution in [1.82, 2.24) is 9.88 Å². The largest absolute Gasteiger partial charge is 0.418 e. The first-order valence-corrected chi connectivity index (χ1v) is 11.3. The molecule has 0 bridgehead atoms. The van der Waals surface area contributed by atoms with E-state index in [4.69, 9.17) is 4.74 Å². The van der Waals surface area contributed by atoms with E-state index in [1.165, 1.54) is 43.7 Å². The van der Waals surface area contributed by atoms with Gasteiger partial charge in [0.2, 0.25) is 0 Å². The van der Waals surface area contributed by atoms with Gasteiger partial charge >= 0.3 is 12.3 Å². The van der Waals surface area contributed by atoms with Gasteiger partial charge in [-0.3, -0.25) is 4.79 Å². The van der Waals surface area contributed by atoms with Gasteiger partial charge in [-0.15, -0.1) is 0 Å². The Bertz CT molecular complexity index is 1330. The molecule has 0 fully saturated rings. The zero-order valence-corrected chi connectivity index (χ0v) is 20.4. The van der Waals surface area contributed by atoms with Gasteiger partial charge in [-0.2, -0.15) is 13.2 Å². The van der Waals surface area contributed by atoms with Crippen LogP contribution in [-0.2, 0) is 12.0 Å². The highest BCUT2D eigenvalue weighted by Crippen LogP contribution is 2.44. The van der Waals surface area contributed by atoms with Gasteiger partial charge < -0.3 is 19.7 Å². The Morgan fingerprint density at radius 3 is 2.44 bits per heavy atom. The van der Waals surface area contributed by atoms with Gasteiger partial charge in [-0.05, 0) is 56.0 Å². The molecular weight excluding hydrogens is 480 g/mol. The molecule has 0 saturated carbocycles. The average molecular weight is 509 g/mol. The highest BCUT2D eigenvalue weighted by molar-refractivity contribution is 5.79. The van der Waals surface area contributed by atoms with E-state index in [2.05, 4.69) is 5.32 Å². The summed E-state index contributed by atoms with van der Waals surface area (Å²) in [6, 6.07) is 9.38. The molecule has 2 N–H and O–H groups in total. The number of nitrogens with zero attached hydrogens (tertiary/aromatic N) is 1. The second-order valence-corrected chi connectivity index (χ2v) is 9.44. The van der Waals surface area contributed by atoms with Crippen molar-refractivity contribution in [3.63, 3.8) is 0 Å². The van der Waals surface area contributed by atoms with Crippen molar-refractivity contribution in [3.8, 4) is 5.75 Å². The predicted molar refractivity (Wildman–Crippen MR) is 128 cm³/mol. The normalized spacial score (nSPS) is 13.9. The Hall–Kier alpha value is -3.40. The van der Waals surface area contributed by atoms with Crippen molar-refractivity contribution < 1.29 is 32.2 Å². The maximum absolute atomic E-state index is 14.4. The number of carbonyl (C=O) groups is 1. The molecule has 3 aromatic rings. The Balaban J connectivity index is 2.08. The van der Waals surface area contributed by atoms with Gasteiger partial charge in [0.05, 0.1) is 12.1 Å². The summed E-state index contributed by atoms with van der Waals surface area (Å²) in [6.07, 6.45) is -5.54. The first-order chi connectivity index (χ1) is 16.7. The molecule has 1 amide bonds. The monoisotopic (exact) mass is 508 g/mol. The van der Waals surface area contributed by atoms with Gasteiger partial charge in [0.1, 0.15) is 11.6 Å². The Morgan fingerprint density at radius 1 is 1.14 bits per heavy atom. The average Bonchev–Trinajstić information content (AvgIpc) is 2.77. The first-order valence-electron chi connectivity index (χ1n) is 11.3. The summed E-state index contributed by atoms with van der Waals surface area (Å²) in [4.78, 5) is 24.4. The lowest BCUT2D eigenvalue weighted by atomic mass is 9.74. The van der Waals surface area contributed by atoms with Crippen molar-refractivity contribution in [2.45, 2.75) is 57.9 Å². The standard InChI is InChI=1S/C26H28F4N2O4/c1-5-31-23(34)36-21-11-10-17(27)12-19(21)24(3,4)14-25(35,26(28,29)30)15-32-13-16(2)22(33)18-8-6-7-9-20(18)32/h6-13,35H,5,14-15H2,1-4H3,(H,31,34). The molecule has 0 radical (unpaired) electrons. The number of aryl methyl sites for hydroxylation is 1. The molecule has 1 heterocycles. The van der Waals surface area contributed by atoms with E-state index in [1.54, 1.807) is 19.1 Å². The number of para-hydroxylation sites is 1. The molecule has 0 aliphatic carbocycles. The lowest BCUT2D eigenvalue weighted by Gasteiger charge is -2.39. The Labute approximate surface area is 205 Å². The number of ether oxygens (including phenoxy) is 1. The maximum Gasteiger partial charge on any atom is 0.418 e. The second kappa shape index (κ2) is 9.93. The molecule has 1 unspecified atom stereocenters. The maximum atomic E-state index is 14.4. The second-order valence-electron chi connectivity index (χ2n) is 9.44. The highest BCUT2D eigenvalue weighted by atomic mass is 19.4. The number of halogens is 4. The molecule has 2 aromatic carbocycles. The summed E-state index contributed by atoms with van der Waals surface area (Å²) in [5.41, 5.74) is -4.66. The van der Waals surface area contributed by atoms with Crippen LogP contribution in [0.25, 0.3) is 10.9 Å². The molecule has 36 heavy (non-hydrogen) atoms. The number of aromatic nitrogens is 1. The molecule has 1 atom stereocenters. The highest BCUT2D eigenvalue weighted by Gasteiger charge is 2.56. The van der Waals surface area contributed by atoms with Crippen LogP contribution in [-0.4, -0.2) is 34.1 Å². The number of amides is 1. The van der Waals surface area contributed by atoms with Gasteiger partial charge in [-0.1, -0.05) is 26.0 Å². The SMILES string of the molecule is CCNC(=O)Oc1ccc(F)cc1C(C)(C)CC(O)(Cn1cc(C)c(=O)c2ccccc21)C(F)(F)F. The van der Waals surface area contributed by atoms with Crippen LogP contribution in [0.2, 0.25) is 0 Å². The summed E-state index contributed by atoms with van der Waals surface area (Å²) >= 11 is 0. The third kappa shape index (κ3) is 5.53. The van der Waals surface area contributed by atoms with E-state index < -0.39 is 42.1 Å². The third-order valence-electron chi connectivity index (χ3n) is 6.05. The van der Waals surface area contributed by atoms with Crippen LogP contribution >= 0.6 is 0 Å². The molecule has 194 valence electrons. The number of nitrogens with one attached hydrogen (secondary N) is 1. The number of hydrogen-bond donors (Lipinski definition) is 2. The van der Waals surface area contributed by atoms with Gasteiger partial charge in [0, 0.05) is 29.3 Å². The van der Waals surface area contributed by atoms with Crippen LogP contribution in [0.15, 0.2) is 53.5 Å². The van der Waals surface area contributed by atoms with Crippen molar-refractivity contribution in [1.29, 1.82) is 0 Å². The fraction of sp³-hybridized carbons (Fsp3) is 0.385. The van der Waals surface area contributed by atoms with Crippen LogP contribution in [0.4, 0.5) is 22.4 Å². The summed E-state index contributed by atoms with van der Waals surface area (Å²) in [5, 5.41) is 13.7. The van der Waals surface area contributed by atoms with Crippen molar-refractivity contribution in [2.75, 3.05) is 6.54 Å². The van der Waals surface area contributed by atoms with Gasteiger partial charge in [-0.25, -0.2) is 9.18 Å². The van der Waals surface area contributed by atoms with E-state index in [0.717, 1.165) is 18.2 Å². The Morgan fingerprint density at radius 2 is 1.81 bits per heavy atom. The smallest absolute Gasteiger partial charge is 0.410 e. The van der Waals surface area contributed by atoms with Gasteiger partial charge in [0.15, 0.2) is 11.0 Å². The van der Waals surface area contributed by atoms with Crippen LogP contribution < -0.4 is 15.5 Å². The minimum absolute atomic E-state index is 0.0163. The molecule has 6 nitrogen and oxygen atoms in total. The number of hydrogen-bond acceptors (Lipinski definition) is 4. The zero-order chi connectivity index (χ0) is 26.9. The molecule has 0 aliphatic rings. The number of fused-ring (bicyclic) bond motifs is 1. The van der Waals surface area contributed by atoms with E-state index in [0.29, 0.717) is 0 Å². The summed E-state index contributed by atoms with van der Waals surface area (Å²) in [5.74, 6) is -0.861. The van der Waals surface area contributed by atoms with Crippen LogP contribution in [0.3, 0.4) is 0 Å². The minimum Gasteiger partial charge on any atom is -0.410 e. The summed E-state index contributed by atoms with van der Waals surface area (Å²) in [7, 11) is 0. The third-order valence-corrected chi connectivity index (χ3v) is 6.05. The number of carbonyl (C=O) groups excluding carboxylic acids is 1. The quantitative estimate of drug-likeness (QED) is 0.429. The topological polar surface area (TPSA) is 80.6 Å². The Kier molecular flexibility index (Phi) is 7.50. The molecule has 0 aliphatic heterocycles. The van der Waals surface area contributed by atoms with Gasteiger partial charge in [0.25, 0.3) is 0 Å². The molecular formula is C26H28F4N2O4. The summed E-state index contributed by atoms with van der Waals surface area (Å²) in [6.45, 7) is 5.28. The van der Waals surface area contributed by atoms with E-state index in [1.807, 2.05) is 0 Å². The number of pyridine rings is 1. The van der Waals surface area contributed by atoms with Crippen molar-refractivity contribution in [3.05, 3.63) is 75.8 Å². The molecule has 1 aromatic heterocycles. The lowest BCUT2D eigenvalue weighted by molar-refractivity contribution is -0.271. The van der Waals surface area contributed by atoms with E-state index in [9.17, 15) is 32.3 Å². The lowest BCUT2D eigenvalue weighted by Crippen LogP contribution is -2.52. The number of aliphatic hydroxyl groups is 1. The predicted octanol–water partition coefficient (Wildman–Crippen LogP) is 5.22. The summed E-state index contributed by atoms with van der Waals surface area (Å²) < 4.78 is 63.8. The van der Waals surface area contributed by atoms with E-state index in [-0.39, 0.29) is 39.8 Å². The van der Waals surface area contributed by atoms with Crippen molar-refractivity contribution >= 4 is 17.0 Å². The van der Waals surface area contributed by atoms with E-state index >= 15 is 0 Å². The number of rotatable bonds is 7. The molecule has 10 heteroatoms. The fourth-order valence-corrected chi connectivity index (χ4v) is 4.38. The number of benzene rings is 2. The molecule has 0 saturated heterocycles. The minimum atomic E-state index is -5.09. The van der Waals surface area contributed by atoms with Crippen LogP contribution in [0, 0.1) is 12.7 Å². The zero-order valence-electron chi connectivity index (χ0n) is 20.4.